The molecule has 0 aliphatic carbocycles. The van der Waals surface area contributed by atoms with Crippen molar-refractivity contribution in [1.82, 2.24) is 14.9 Å². The SMILES string of the molecule is Cc1cc(N2CCN(C(=O)c3ccco3)CC2)nc(N(C)c2ccccc2)n1. The third-order valence-corrected chi connectivity index (χ3v) is 4.90. The lowest BCUT2D eigenvalue weighted by molar-refractivity contribution is 0.0714. The molecule has 0 bridgehead atoms. The van der Waals surface area contributed by atoms with Gasteiger partial charge in [-0.15, -0.1) is 0 Å². The summed E-state index contributed by atoms with van der Waals surface area (Å²) >= 11 is 0. The molecule has 7 nitrogen and oxygen atoms in total. The summed E-state index contributed by atoms with van der Waals surface area (Å²) in [5, 5.41) is 0. The van der Waals surface area contributed by atoms with E-state index in [0.717, 1.165) is 30.3 Å². The zero-order chi connectivity index (χ0) is 19.5. The molecule has 1 saturated heterocycles. The molecular weight excluding hydrogens is 354 g/mol. The number of para-hydroxylation sites is 1. The number of piperazine rings is 1. The van der Waals surface area contributed by atoms with E-state index in [4.69, 9.17) is 9.40 Å². The van der Waals surface area contributed by atoms with Gasteiger partial charge in [0.05, 0.1) is 6.26 Å². The lowest BCUT2D eigenvalue weighted by Gasteiger charge is -2.35. The number of aryl methyl sites for hydroxylation is 1. The van der Waals surface area contributed by atoms with Crippen LogP contribution in [0.5, 0.6) is 0 Å². The molecule has 1 aliphatic rings. The Balaban J connectivity index is 1.48. The van der Waals surface area contributed by atoms with Crippen LogP contribution < -0.4 is 9.80 Å². The van der Waals surface area contributed by atoms with Gasteiger partial charge in [0.2, 0.25) is 5.95 Å². The predicted molar refractivity (Wildman–Crippen MR) is 108 cm³/mol. The summed E-state index contributed by atoms with van der Waals surface area (Å²) in [6, 6.07) is 15.5. The highest BCUT2D eigenvalue weighted by Crippen LogP contribution is 2.24. The summed E-state index contributed by atoms with van der Waals surface area (Å²) in [7, 11) is 1.97. The van der Waals surface area contributed by atoms with Gasteiger partial charge in [-0.1, -0.05) is 18.2 Å². The van der Waals surface area contributed by atoms with Crippen molar-refractivity contribution >= 4 is 23.4 Å². The van der Waals surface area contributed by atoms with Gasteiger partial charge in [0.25, 0.3) is 5.91 Å². The zero-order valence-corrected chi connectivity index (χ0v) is 16.1. The van der Waals surface area contributed by atoms with Crippen molar-refractivity contribution in [2.45, 2.75) is 6.92 Å². The number of carbonyl (C=O) groups excluding carboxylic acids is 1. The summed E-state index contributed by atoms with van der Waals surface area (Å²) < 4.78 is 5.23. The summed E-state index contributed by atoms with van der Waals surface area (Å²) in [5.74, 6) is 1.87. The van der Waals surface area contributed by atoms with E-state index in [0.29, 0.717) is 24.8 Å². The minimum Gasteiger partial charge on any atom is -0.459 e. The highest BCUT2D eigenvalue weighted by atomic mass is 16.3. The third-order valence-electron chi connectivity index (χ3n) is 4.90. The summed E-state index contributed by atoms with van der Waals surface area (Å²) in [4.78, 5) is 27.8. The summed E-state index contributed by atoms with van der Waals surface area (Å²) in [6.07, 6.45) is 1.53. The van der Waals surface area contributed by atoms with Crippen LogP contribution in [0.1, 0.15) is 16.2 Å². The summed E-state index contributed by atoms with van der Waals surface area (Å²) in [6.45, 7) is 4.68. The number of furan rings is 1. The topological polar surface area (TPSA) is 65.7 Å². The second kappa shape index (κ2) is 7.72. The van der Waals surface area contributed by atoms with Crippen molar-refractivity contribution in [2.24, 2.45) is 0 Å². The standard InChI is InChI=1S/C21H23N5O2/c1-16-15-19(23-21(22-16)24(2)17-7-4-3-5-8-17)25-10-12-26(13-11-25)20(27)18-9-6-14-28-18/h3-9,14-15H,10-13H2,1-2H3. The van der Waals surface area contributed by atoms with Crippen molar-refractivity contribution in [1.29, 1.82) is 0 Å². The Morgan fingerprint density at radius 3 is 2.46 bits per heavy atom. The van der Waals surface area contributed by atoms with Crippen LogP contribution in [-0.4, -0.2) is 54.0 Å². The zero-order valence-electron chi connectivity index (χ0n) is 16.1. The van der Waals surface area contributed by atoms with Crippen LogP contribution in [0.15, 0.2) is 59.2 Å². The minimum absolute atomic E-state index is 0.0620. The fourth-order valence-corrected chi connectivity index (χ4v) is 3.31. The smallest absolute Gasteiger partial charge is 0.289 e. The fraction of sp³-hybridized carbons (Fsp3) is 0.286. The predicted octanol–water partition coefficient (Wildman–Crippen LogP) is 3.11. The van der Waals surface area contributed by atoms with Crippen LogP contribution in [0, 0.1) is 6.92 Å². The van der Waals surface area contributed by atoms with Gasteiger partial charge in [0.1, 0.15) is 5.82 Å². The first-order valence-corrected chi connectivity index (χ1v) is 9.34. The second-order valence-electron chi connectivity index (χ2n) is 6.82. The van der Waals surface area contributed by atoms with Gasteiger partial charge in [-0.3, -0.25) is 4.79 Å². The van der Waals surface area contributed by atoms with Gasteiger partial charge in [0, 0.05) is 50.7 Å². The van der Waals surface area contributed by atoms with Gasteiger partial charge in [-0.05, 0) is 31.2 Å². The molecule has 0 N–H and O–H groups in total. The molecule has 3 heterocycles. The number of hydrogen-bond donors (Lipinski definition) is 0. The number of aromatic nitrogens is 2. The number of nitrogens with zero attached hydrogens (tertiary/aromatic N) is 5. The Morgan fingerprint density at radius 2 is 1.79 bits per heavy atom. The molecule has 1 aliphatic heterocycles. The molecule has 0 saturated carbocycles. The lowest BCUT2D eigenvalue weighted by Crippen LogP contribution is -2.49. The van der Waals surface area contributed by atoms with Gasteiger partial charge < -0.3 is 19.1 Å². The van der Waals surface area contributed by atoms with Crippen LogP contribution in [-0.2, 0) is 0 Å². The number of carbonyl (C=O) groups is 1. The van der Waals surface area contributed by atoms with Crippen molar-refractivity contribution in [3.05, 3.63) is 66.2 Å². The first kappa shape index (κ1) is 18.0. The maximum Gasteiger partial charge on any atom is 0.289 e. The van der Waals surface area contributed by atoms with E-state index < -0.39 is 0 Å². The molecule has 28 heavy (non-hydrogen) atoms. The van der Waals surface area contributed by atoms with E-state index in [1.54, 1.807) is 12.1 Å². The highest BCUT2D eigenvalue weighted by Gasteiger charge is 2.25. The average molecular weight is 377 g/mol. The van der Waals surface area contributed by atoms with Crippen molar-refractivity contribution in [2.75, 3.05) is 43.0 Å². The molecule has 0 unspecified atom stereocenters. The molecule has 0 spiro atoms. The Bertz CT molecular complexity index is 935. The minimum atomic E-state index is -0.0620. The molecule has 1 fully saturated rings. The largest absolute Gasteiger partial charge is 0.459 e. The van der Waals surface area contributed by atoms with Crippen molar-refractivity contribution < 1.29 is 9.21 Å². The van der Waals surface area contributed by atoms with Crippen molar-refractivity contribution in [3.63, 3.8) is 0 Å². The molecule has 144 valence electrons. The maximum absolute atomic E-state index is 12.4. The van der Waals surface area contributed by atoms with E-state index >= 15 is 0 Å². The number of amides is 1. The third kappa shape index (κ3) is 3.69. The number of rotatable bonds is 4. The van der Waals surface area contributed by atoms with Gasteiger partial charge in [-0.25, -0.2) is 4.98 Å². The van der Waals surface area contributed by atoms with Crippen LogP contribution in [0.3, 0.4) is 0 Å². The van der Waals surface area contributed by atoms with E-state index in [9.17, 15) is 4.79 Å². The first-order valence-electron chi connectivity index (χ1n) is 9.34. The van der Waals surface area contributed by atoms with E-state index in [2.05, 4.69) is 9.88 Å². The average Bonchev–Trinajstić information content (AvgIpc) is 3.28. The number of benzene rings is 1. The Morgan fingerprint density at radius 1 is 1.04 bits per heavy atom. The Hall–Kier alpha value is -3.35. The molecular formula is C21H23N5O2. The van der Waals surface area contributed by atoms with E-state index in [1.165, 1.54) is 6.26 Å². The molecule has 0 atom stereocenters. The van der Waals surface area contributed by atoms with Gasteiger partial charge in [0.15, 0.2) is 5.76 Å². The molecule has 0 radical (unpaired) electrons. The van der Waals surface area contributed by atoms with E-state index in [-0.39, 0.29) is 5.91 Å². The maximum atomic E-state index is 12.4. The normalized spacial score (nSPS) is 14.2. The molecule has 3 aromatic rings. The molecule has 1 aromatic carbocycles. The van der Waals surface area contributed by atoms with E-state index in [1.807, 2.05) is 60.2 Å². The fourth-order valence-electron chi connectivity index (χ4n) is 3.31. The van der Waals surface area contributed by atoms with Crippen LogP contribution in [0.4, 0.5) is 17.5 Å². The van der Waals surface area contributed by atoms with Crippen molar-refractivity contribution in [3.8, 4) is 0 Å². The monoisotopic (exact) mass is 377 g/mol. The molecule has 7 heteroatoms. The molecule has 2 aromatic heterocycles. The second-order valence-corrected chi connectivity index (χ2v) is 6.82. The first-order chi connectivity index (χ1) is 13.6. The van der Waals surface area contributed by atoms with Gasteiger partial charge >= 0.3 is 0 Å². The molecule has 4 rings (SSSR count). The van der Waals surface area contributed by atoms with Crippen LogP contribution in [0.2, 0.25) is 0 Å². The quantitative estimate of drug-likeness (QED) is 0.696. The highest BCUT2D eigenvalue weighted by molar-refractivity contribution is 5.91. The molecule has 1 amide bonds. The number of hydrogen-bond acceptors (Lipinski definition) is 6. The Labute approximate surface area is 164 Å². The lowest BCUT2D eigenvalue weighted by atomic mass is 10.2. The van der Waals surface area contributed by atoms with Gasteiger partial charge in [-0.2, -0.15) is 4.98 Å². The summed E-state index contributed by atoms with van der Waals surface area (Å²) in [5.41, 5.74) is 1.95. The van der Waals surface area contributed by atoms with Crippen LogP contribution in [0.25, 0.3) is 0 Å². The Kier molecular flexibility index (Phi) is 4.97. The van der Waals surface area contributed by atoms with Crippen LogP contribution >= 0.6 is 0 Å². The number of anilines is 3.